The van der Waals surface area contributed by atoms with Crippen LogP contribution in [-0.4, -0.2) is 33.7 Å². The van der Waals surface area contributed by atoms with Gasteiger partial charge in [0.2, 0.25) is 15.9 Å². The summed E-state index contributed by atoms with van der Waals surface area (Å²) in [5, 5.41) is 3.20. The van der Waals surface area contributed by atoms with Crippen molar-refractivity contribution in [2.24, 2.45) is 0 Å². The maximum atomic E-state index is 12.8. The van der Waals surface area contributed by atoms with Gasteiger partial charge in [0.25, 0.3) is 0 Å². The number of nitrogens with one attached hydrogen (secondary N) is 1. The second-order valence-electron chi connectivity index (χ2n) is 6.03. The van der Waals surface area contributed by atoms with Crippen LogP contribution in [0.15, 0.2) is 36.4 Å². The number of aryl methyl sites for hydroxylation is 1. The number of halogens is 2. The van der Waals surface area contributed by atoms with Crippen molar-refractivity contribution in [2.45, 2.75) is 19.9 Å². The molecule has 2 aromatic carbocycles. The van der Waals surface area contributed by atoms with Crippen molar-refractivity contribution in [3.05, 3.63) is 52.0 Å². The smallest absolute Gasteiger partial charge is 0.248 e. The van der Waals surface area contributed by atoms with Crippen LogP contribution < -0.4 is 14.4 Å². The van der Waals surface area contributed by atoms with Gasteiger partial charge < -0.3 is 10.1 Å². The first-order valence-electron chi connectivity index (χ1n) is 7.94. The first-order chi connectivity index (χ1) is 12.5. The Bertz CT molecular complexity index is 964. The van der Waals surface area contributed by atoms with Gasteiger partial charge in [0.15, 0.2) is 0 Å². The summed E-state index contributed by atoms with van der Waals surface area (Å²) >= 11 is 11.9. The molecule has 1 amide bonds. The molecule has 0 fully saturated rings. The minimum atomic E-state index is -3.77. The lowest BCUT2D eigenvalue weighted by Crippen LogP contribution is -2.45. The number of nitrogens with zero attached hydrogens (tertiary/aromatic N) is 1. The lowest BCUT2D eigenvalue weighted by Gasteiger charge is -2.28. The van der Waals surface area contributed by atoms with Gasteiger partial charge in [-0.05, 0) is 49.7 Å². The van der Waals surface area contributed by atoms with E-state index < -0.39 is 22.0 Å². The molecule has 0 aliphatic rings. The average Bonchev–Trinajstić information content (AvgIpc) is 2.57. The zero-order chi connectivity index (χ0) is 20.4. The van der Waals surface area contributed by atoms with Gasteiger partial charge in [0.1, 0.15) is 11.8 Å². The Hall–Kier alpha value is -1.96. The van der Waals surface area contributed by atoms with Gasteiger partial charge in [-0.3, -0.25) is 9.10 Å². The third kappa shape index (κ3) is 5.06. The van der Waals surface area contributed by atoms with E-state index in [1.54, 1.807) is 12.1 Å². The average molecular weight is 431 g/mol. The van der Waals surface area contributed by atoms with Crippen LogP contribution >= 0.6 is 23.2 Å². The maximum absolute atomic E-state index is 12.8. The minimum absolute atomic E-state index is 0.191. The molecule has 146 valence electrons. The number of amides is 1. The molecule has 27 heavy (non-hydrogen) atoms. The lowest BCUT2D eigenvalue weighted by atomic mass is 10.2. The standard InChI is InChI=1S/C18H20Cl2N2O4S/c1-11-5-8-17(26-3)16(9-11)21-18(23)12(2)22(27(4,24)25)13-6-7-14(19)15(20)10-13/h5-10,12H,1-4H3,(H,21,23)/t12-/m0/s1. The molecule has 9 heteroatoms. The summed E-state index contributed by atoms with van der Waals surface area (Å²) in [5.74, 6) is -0.0445. The highest BCUT2D eigenvalue weighted by atomic mass is 35.5. The van der Waals surface area contributed by atoms with Crippen LogP contribution in [0.2, 0.25) is 10.0 Å². The van der Waals surface area contributed by atoms with Crippen LogP contribution in [0, 0.1) is 6.92 Å². The van der Waals surface area contributed by atoms with E-state index in [-0.39, 0.29) is 15.7 Å². The Labute approximate surface area is 169 Å². The van der Waals surface area contributed by atoms with E-state index in [4.69, 9.17) is 27.9 Å². The van der Waals surface area contributed by atoms with Crippen LogP contribution in [0.3, 0.4) is 0 Å². The molecule has 2 aromatic rings. The number of anilines is 2. The van der Waals surface area contributed by atoms with Crippen LogP contribution in [-0.2, 0) is 14.8 Å². The molecule has 0 bridgehead atoms. The Morgan fingerprint density at radius 1 is 1.15 bits per heavy atom. The number of hydrogen-bond donors (Lipinski definition) is 1. The fourth-order valence-corrected chi connectivity index (χ4v) is 4.05. The Kier molecular flexibility index (Phi) is 6.62. The van der Waals surface area contributed by atoms with Gasteiger partial charge in [-0.2, -0.15) is 0 Å². The van der Waals surface area contributed by atoms with Crippen molar-refractivity contribution in [3.63, 3.8) is 0 Å². The molecule has 1 N–H and O–H groups in total. The molecule has 0 unspecified atom stereocenters. The third-order valence-corrected chi connectivity index (χ3v) is 5.84. The lowest BCUT2D eigenvalue weighted by molar-refractivity contribution is -0.116. The van der Waals surface area contributed by atoms with Crippen molar-refractivity contribution >= 4 is 50.5 Å². The van der Waals surface area contributed by atoms with Gasteiger partial charge in [0, 0.05) is 0 Å². The summed E-state index contributed by atoms with van der Waals surface area (Å²) in [6.07, 6.45) is 1.02. The van der Waals surface area contributed by atoms with E-state index in [0.717, 1.165) is 16.1 Å². The molecule has 6 nitrogen and oxygen atoms in total. The van der Waals surface area contributed by atoms with Crippen LogP contribution in [0.1, 0.15) is 12.5 Å². The minimum Gasteiger partial charge on any atom is -0.495 e. The molecule has 2 rings (SSSR count). The first kappa shape index (κ1) is 21.3. The zero-order valence-corrected chi connectivity index (χ0v) is 17.6. The SMILES string of the molecule is COc1ccc(C)cc1NC(=O)[C@H](C)N(c1ccc(Cl)c(Cl)c1)S(C)(=O)=O. The summed E-state index contributed by atoms with van der Waals surface area (Å²) in [6.45, 7) is 3.36. The van der Waals surface area contributed by atoms with Crippen molar-refractivity contribution in [2.75, 3.05) is 23.0 Å². The molecule has 0 radical (unpaired) electrons. The number of carbonyl (C=O) groups is 1. The van der Waals surface area contributed by atoms with Gasteiger partial charge in [0.05, 0.1) is 34.8 Å². The summed E-state index contributed by atoms with van der Waals surface area (Å²) in [4.78, 5) is 12.8. The van der Waals surface area contributed by atoms with Crippen molar-refractivity contribution in [1.82, 2.24) is 0 Å². The fourth-order valence-electron chi connectivity index (χ4n) is 2.59. The van der Waals surface area contributed by atoms with Crippen molar-refractivity contribution in [3.8, 4) is 5.75 Å². The monoisotopic (exact) mass is 430 g/mol. The Morgan fingerprint density at radius 3 is 2.37 bits per heavy atom. The third-order valence-electron chi connectivity index (χ3n) is 3.86. The van der Waals surface area contributed by atoms with Gasteiger partial charge in [-0.15, -0.1) is 0 Å². The molecule has 0 aromatic heterocycles. The Morgan fingerprint density at radius 2 is 1.81 bits per heavy atom. The summed E-state index contributed by atoms with van der Waals surface area (Å²) in [7, 11) is -2.28. The van der Waals surface area contributed by atoms with E-state index >= 15 is 0 Å². The highest BCUT2D eigenvalue weighted by Crippen LogP contribution is 2.30. The highest BCUT2D eigenvalue weighted by molar-refractivity contribution is 7.92. The molecular formula is C18H20Cl2N2O4S. The number of carbonyl (C=O) groups excluding carboxylic acids is 1. The largest absolute Gasteiger partial charge is 0.495 e. The molecule has 0 heterocycles. The summed E-state index contributed by atoms with van der Waals surface area (Å²) < 4.78 is 30.9. The highest BCUT2D eigenvalue weighted by Gasteiger charge is 2.30. The van der Waals surface area contributed by atoms with Gasteiger partial charge in [-0.1, -0.05) is 29.3 Å². The molecule has 0 spiro atoms. The maximum Gasteiger partial charge on any atom is 0.248 e. The van der Waals surface area contributed by atoms with Gasteiger partial charge >= 0.3 is 0 Å². The van der Waals surface area contributed by atoms with E-state index in [1.807, 2.05) is 13.0 Å². The van der Waals surface area contributed by atoms with Crippen molar-refractivity contribution < 1.29 is 17.9 Å². The number of rotatable bonds is 6. The predicted octanol–water partition coefficient (Wildman–Crippen LogP) is 4.10. The molecule has 0 saturated carbocycles. The van der Waals surface area contributed by atoms with Crippen LogP contribution in [0.5, 0.6) is 5.75 Å². The second kappa shape index (κ2) is 8.37. The van der Waals surface area contributed by atoms with E-state index in [9.17, 15) is 13.2 Å². The summed E-state index contributed by atoms with van der Waals surface area (Å²) in [5.41, 5.74) is 1.62. The van der Waals surface area contributed by atoms with Gasteiger partial charge in [-0.25, -0.2) is 8.42 Å². The topological polar surface area (TPSA) is 75.7 Å². The predicted molar refractivity (Wildman–Crippen MR) is 110 cm³/mol. The summed E-state index contributed by atoms with van der Waals surface area (Å²) in [6, 6.07) is 8.65. The van der Waals surface area contributed by atoms with Crippen LogP contribution in [0.4, 0.5) is 11.4 Å². The fraction of sp³-hybridized carbons (Fsp3) is 0.278. The second-order valence-corrected chi connectivity index (χ2v) is 8.70. The zero-order valence-electron chi connectivity index (χ0n) is 15.3. The number of ether oxygens (including phenoxy) is 1. The molecular weight excluding hydrogens is 411 g/mol. The van der Waals surface area contributed by atoms with Crippen molar-refractivity contribution in [1.29, 1.82) is 0 Å². The number of hydrogen-bond acceptors (Lipinski definition) is 4. The number of methoxy groups -OCH3 is 1. The molecule has 0 aliphatic heterocycles. The molecule has 0 saturated heterocycles. The van der Waals surface area contributed by atoms with E-state index in [0.29, 0.717) is 11.4 Å². The number of sulfonamides is 1. The first-order valence-corrected chi connectivity index (χ1v) is 10.5. The quantitative estimate of drug-likeness (QED) is 0.747. The molecule has 0 aliphatic carbocycles. The van der Waals surface area contributed by atoms with E-state index in [2.05, 4.69) is 5.32 Å². The Balaban J connectivity index is 2.38. The molecule has 1 atom stereocenters. The normalized spacial score (nSPS) is 12.4. The van der Waals surface area contributed by atoms with Crippen LogP contribution in [0.25, 0.3) is 0 Å². The van der Waals surface area contributed by atoms with E-state index in [1.165, 1.54) is 32.2 Å². The number of benzene rings is 2.